The molecule has 0 bridgehead atoms. The fourth-order valence-electron chi connectivity index (χ4n) is 3.61. The highest BCUT2D eigenvalue weighted by atomic mass is 16.5. The van der Waals surface area contributed by atoms with Crippen molar-refractivity contribution in [3.63, 3.8) is 0 Å². The maximum absolute atomic E-state index is 12.6. The minimum absolute atomic E-state index is 0.0720. The van der Waals surface area contributed by atoms with E-state index in [-0.39, 0.29) is 12.0 Å². The van der Waals surface area contributed by atoms with Crippen LogP contribution in [0.15, 0.2) is 36.7 Å². The quantitative estimate of drug-likeness (QED) is 0.808. The molecule has 2 aromatic heterocycles. The standard InChI is InChI=1S/C22H28N4O3/c1-16-5-9-26(10-6-16)22(27)18-2-3-20(25-14-18)24-13-17-4-8-23-21(12-17)29-19-7-11-28-15-19/h2-4,8,12,14,16,19H,5-7,9-11,13,15H2,1H3,(H,24,25). The first-order valence-corrected chi connectivity index (χ1v) is 10.4. The minimum atomic E-state index is 0.0720. The van der Waals surface area contributed by atoms with Crippen LogP contribution in [0.5, 0.6) is 5.88 Å². The molecule has 0 aliphatic carbocycles. The summed E-state index contributed by atoms with van der Waals surface area (Å²) in [4.78, 5) is 23.2. The third-order valence-corrected chi connectivity index (χ3v) is 5.53. The van der Waals surface area contributed by atoms with Gasteiger partial charge in [0.15, 0.2) is 0 Å². The average Bonchev–Trinajstić information content (AvgIpc) is 3.26. The highest BCUT2D eigenvalue weighted by molar-refractivity contribution is 5.94. The zero-order valence-corrected chi connectivity index (χ0v) is 16.8. The predicted octanol–water partition coefficient (Wildman–Crippen LogP) is 3.13. The number of carbonyl (C=O) groups excluding carboxylic acids is 1. The summed E-state index contributed by atoms with van der Waals surface area (Å²) in [6.45, 7) is 5.87. The first-order chi connectivity index (χ1) is 14.2. The summed E-state index contributed by atoms with van der Waals surface area (Å²) in [5, 5.41) is 3.29. The van der Waals surface area contributed by atoms with Crippen LogP contribution in [-0.2, 0) is 11.3 Å². The van der Waals surface area contributed by atoms with Gasteiger partial charge in [-0.15, -0.1) is 0 Å². The lowest BCUT2D eigenvalue weighted by Gasteiger charge is -2.30. The molecule has 0 radical (unpaired) electrons. The molecule has 2 saturated heterocycles. The second kappa shape index (κ2) is 9.22. The van der Waals surface area contributed by atoms with Gasteiger partial charge in [-0.05, 0) is 42.5 Å². The zero-order chi connectivity index (χ0) is 20.1. The number of nitrogens with zero attached hydrogens (tertiary/aromatic N) is 3. The Labute approximate surface area is 171 Å². The predicted molar refractivity (Wildman–Crippen MR) is 110 cm³/mol. The number of amides is 1. The van der Waals surface area contributed by atoms with E-state index in [2.05, 4.69) is 22.2 Å². The van der Waals surface area contributed by atoms with Crippen molar-refractivity contribution >= 4 is 11.7 Å². The number of pyridine rings is 2. The first kappa shape index (κ1) is 19.6. The van der Waals surface area contributed by atoms with E-state index in [9.17, 15) is 4.79 Å². The van der Waals surface area contributed by atoms with Gasteiger partial charge in [0.05, 0.1) is 18.8 Å². The molecule has 7 nitrogen and oxygen atoms in total. The fourth-order valence-corrected chi connectivity index (χ4v) is 3.61. The van der Waals surface area contributed by atoms with Crippen molar-refractivity contribution in [3.05, 3.63) is 47.8 Å². The summed E-state index contributed by atoms with van der Waals surface area (Å²) in [5.41, 5.74) is 1.70. The van der Waals surface area contributed by atoms with Gasteiger partial charge in [0.2, 0.25) is 5.88 Å². The van der Waals surface area contributed by atoms with Crippen LogP contribution in [0.3, 0.4) is 0 Å². The number of piperidine rings is 1. The lowest BCUT2D eigenvalue weighted by molar-refractivity contribution is 0.0697. The molecule has 2 aromatic rings. The van der Waals surface area contributed by atoms with Crippen molar-refractivity contribution in [3.8, 4) is 5.88 Å². The van der Waals surface area contributed by atoms with Crippen LogP contribution in [0.25, 0.3) is 0 Å². The zero-order valence-electron chi connectivity index (χ0n) is 16.8. The Morgan fingerprint density at radius 2 is 2.10 bits per heavy atom. The minimum Gasteiger partial charge on any atom is -0.472 e. The van der Waals surface area contributed by atoms with Gasteiger partial charge >= 0.3 is 0 Å². The van der Waals surface area contributed by atoms with Crippen LogP contribution < -0.4 is 10.1 Å². The van der Waals surface area contributed by atoms with Gasteiger partial charge in [-0.2, -0.15) is 0 Å². The van der Waals surface area contributed by atoms with Gasteiger partial charge in [0, 0.05) is 44.5 Å². The third-order valence-electron chi connectivity index (χ3n) is 5.53. The molecule has 4 heterocycles. The first-order valence-electron chi connectivity index (χ1n) is 10.4. The van der Waals surface area contributed by atoms with Crippen molar-refractivity contribution < 1.29 is 14.3 Å². The van der Waals surface area contributed by atoms with E-state index in [0.29, 0.717) is 30.5 Å². The number of carbonyl (C=O) groups is 1. The van der Waals surface area contributed by atoms with Crippen molar-refractivity contribution in [2.75, 3.05) is 31.6 Å². The summed E-state index contributed by atoms with van der Waals surface area (Å²) in [6.07, 6.45) is 6.53. The Morgan fingerprint density at radius 3 is 2.83 bits per heavy atom. The molecule has 4 rings (SSSR count). The Morgan fingerprint density at radius 1 is 1.24 bits per heavy atom. The Bertz CT molecular complexity index is 813. The van der Waals surface area contributed by atoms with E-state index in [1.807, 2.05) is 29.2 Å². The number of anilines is 1. The van der Waals surface area contributed by atoms with Crippen molar-refractivity contribution in [2.24, 2.45) is 5.92 Å². The molecule has 7 heteroatoms. The number of aromatic nitrogens is 2. The smallest absolute Gasteiger partial charge is 0.255 e. The average molecular weight is 396 g/mol. The second-order valence-corrected chi connectivity index (χ2v) is 7.87. The van der Waals surface area contributed by atoms with Crippen LogP contribution in [0.1, 0.15) is 42.1 Å². The van der Waals surface area contributed by atoms with Crippen LogP contribution in [0.2, 0.25) is 0 Å². The molecule has 1 atom stereocenters. The summed E-state index contributed by atoms with van der Waals surface area (Å²) < 4.78 is 11.2. The molecule has 0 aromatic carbocycles. The highest BCUT2D eigenvalue weighted by Crippen LogP contribution is 2.19. The molecule has 2 fully saturated rings. The van der Waals surface area contributed by atoms with E-state index < -0.39 is 0 Å². The van der Waals surface area contributed by atoms with Gasteiger partial charge in [-0.3, -0.25) is 4.79 Å². The van der Waals surface area contributed by atoms with Crippen LogP contribution in [0, 0.1) is 5.92 Å². The van der Waals surface area contributed by atoms with Crippen molar-refractivity contribution in [1.82, 2.24) is 14.9 Å². The fraction of sp³-hybridized carbons (Fsp3) is 0.500. The molecule has 29 heavy (non-hydrogen) atoms. The summed E-state index contributed by atoms with van der Waals surface area (Å²) in [6, 6.07) is 7.58. The lowest BCUT2D eigenvalue weighted by Crippen LogP contribution is -2.37. The maximum Gasteiger partial charge on any atom is 0.255 e. The summed E-state index contributed by atoms with van der Waals surface area (Å²) in [7, 11) is 0. The van der Waals surface area contributed by atoms with Crippen LogP contribution in [0.4, 0.5) is 5.82 Å². The monoisotopic (exact) mass is 396 g/mol. The SMILES string of the molecule is CC1CCN(C(=O)c2ccc(NCc3ccnc(OC4CCOC4)c3)nc2)CC1. The number of hydrogen-bond acceptors (Lipinski definition) is 6. The molecule has 1 N–H and O–H groups in total. The topological polar surface area (TPSA) is 76.6 Å². The number of ether oxygens (including phenoxy) is 2. The van der Waals surface area contributed by atoms with Gasteiger partial charge in [0.25, 0.3) is 5.91 Å². The second-order valence-electron chi connectivity index (χ2n) is 7.87. The largest absolute Gasteiger partial charge is 0.472 e. The molecular weight excluding hydrogens is 368 g/mol. The van der Waals surface area contributed by atoms with Crippen LogP contribution >= 0.6 is 0 Å². The number of likely N-dealkylation sites (tertiary alicyclic amines) is 1. The van der Waals surface area contributed by atoms with Crippen molar-refractivity contribution in [1.29, 1.82) is 0 Å². The highest BCUT2D eigenvalue weighted by Gasteiger charge is 2.21. The van der Waals surface area contributed by atoms with E-state index in [1.165, 1.54) is 0 Å². The number of nitrogens with one attached hydrogen (secondary N) is 1. The Hall–Kier alpha value is -2.67. The third kappa shape index (κ3) is 5.23. The van der Waals surface area contributed by atoms with Gasteiger partial charge in [-0.25, -0.2) is 9.97 Å². The summed E-state index contributed by atoms with van der Waals surface area (Å²) >= 11 is 0. The molecule has 1 amide bonds. The van der Waals surface area contributed by atoms with E-state index >= 15 is 0 Å². The molecule has 2 aliphatic heterocycles. The van der Waals surface area contributed by atoms with Crippen LogP contribution in [-0.4, -0.2) is 53.2 Å². The molecule has 1 unspecified atom stereocenters. The molecule has 2 aliphatic rings. The normalized spacial score (nSPS) is 19.9. The number of rotatable bonds is 6. The van der Waals surface area contributed by atoms with E-state index in [4.69, 9.17) is 9.47 Å². The van der Waals surface area contributed by atoms with Crippen molar-refractivity contribution in [2.45, 2.75) is 38.8 Å². The molecule has 0 spiro atoms. The molecule has 0 saturated carbocycles. The Kier molecular flexibility index (Phi) is 6.24. The van der Waals surface area contributed by atoms with Gasteiger partial charge < -0.3 is 19.7 Å². The Balaban J connectivity index is 1.30. The lowest BCUT2D eigenvalue weighted by atomic mass is 9.99. The van der Waals surface area contributed by atoms with E-state index in [1.54, 1.807) is 12.4 Å². The maximum atomic E-state index is 12.6. The molecular formula is C22H28N4O3. The van der Waals surface area contributed by atoms with Gasteiger partial charge in [0.1, 0.15) is 11.9 Å². The number of hydrogen-bond donors (Lipinski definition) is 1. The molecule has 154 valence electrons. The van der Waals surface area contributed by atoms with E-state index in [0.717, 1.165) is 50.3 Å². The summed E-state index contributed by atoms with van der Waals surface area (Å²) in [5.74, 6) is 2.12. The van der Waals surface area contributed by atoms with Gasteiger partial charge in [-0.1, -0.05) is 6.92 Å².